The lowest BCUT2D eigenvalue weighted by molar-refractivity contribution is -0.149. The molecule has 1 aromatic carbocycles. The Labute approximate surface area is 152 Å². The molecule has 0 spiro atoms. The summed E-state index contributed by atoms with van der Waals surface area (Å²) in [6, 6.07) is 7.49. The van der Waals surface area contributed by atoms with Gasteiger partial charge in [-0.3, -0.25) is 18.7 Å². The number of para-hydroxylation sites is 2. The summed E-state index contributed by atoms with van der Waals surface area (Å²) in [6.07, 6.45) is 0.0324. The topological polar surface area (TPSA) is 82.3 Å². The fourth-order valence-corrected chi connectivity index (χ4v) is 2.68. The molecule has 2 aromatic rings. The zero-order valence-electron chi connectivity index (χ0n) is 15.8. The Morgan fingerprint density at radius 3 is 2.31 bits per heavy atom. The minimum absolute atomic E-state index is 0.0138. The summed E-state index contributed by atoms with van der Waals surface area (Å²) in [7, 11) is 0. The smallest absolute Gasteiger partial charge is 0.329 e. The van der Waals surface area contributed by atoms with Crippen LogP contribution >= 0.6 is 0 Å². The molecule has 142 valence electrons. The predicted molar refractivity (Wildman–Crippen MR) is 99.9 cm³/mol. The number of nitrogens with one attached hydrogen (secondary N) is 1. The molecule has 26 heavy (non-hydrogen) atoms. The standard InChI is InChI=1S/C19H27N3O4/c1-5-21-15-8-6-7-9-16(15)22(19(21)25)11-10-18(24)26-12-17(23)20-14(4)13(2)3/h6-9,13-14H,5,10-12H2,1-4H3,(H,20,23). The maximum Gasteiger partial charge on any atom is 0.329 e. The van der Waals surface area contributed by atoms with E-state index in [4.69, 9.17) is 4.74 Å². The Bertz CT molecular complexity index is 835. The normalized spacial score (nSPS) is 12.3. The first-order chi connectivity index (χ1) is 12.3. The lowest BCUT2D eigenvalue weighted by Crippen LogP contribution is -2.38. The fourth-order valence-electron chi connectivity index (χ4n) is 2.68. The molecule has 0 fully saturated rings. The molecule has 7 heteroatoms. The van der Waals surface area contributed by atoms with Crippen molar-refractivity contribution < 1.29 is 14.3 Å². The first-order valence-corrected chi connectivity index (χ1v) is 8.98. The number of benzene rings is 1. The first-order valence-electron chi connectivity index (χ1n) is 8.98. The summed E-state index contributed by atoms with van der Waals surface area (Å²) in [4.78, 5) is 36.2. The van der Waals surface area contributed by atoms with E-state index in [1.54, 1.807) is 9.13 Å². The Kier molecular flexibility index (Phi) is 6.60. The van der Waals surface area contributed by atoms with E-state index >= 15 is 0 Å². The number of amides is 1. The van der Waals surface area contributed by atoms with Gasteiger partial charge in [0.15, 0.2) is 6.61 Å². The molecule has 0 saturated heterocycles. The van der Waals surface area contributed by atoms with Gasteiger partial charge in [0.05, 0.1) is 17.5 Å². The molecule has 1 unspecified atom stereocenters. The molecule has 0 aliphatic carbocycles. The second-order valence-corrected chi connectivity index (χ2v) is 6.68. The van der Waals surface area contributed by atoms with Crippen LogP contribution in [0.2, 0.25) is 0 Å². The van der Waals surface area contributed by atoms with E-state index < -0.39 is 5.97 Å². The number of esters is 1. The predicted octanol–water partition coefficient (Wildman–Crippen LogP) is 1.92. The third-order valence-electron chi connectivity index (χ3n) is 4.53. The first kappa shape index (κ1) is 19.8. The molecule has 1 aromatic heterocycles. The van der Waals surface area contributed by atoms with Crippen molar-refractivity contribution in [2.75, 3.05) is 6.61 Å². The van der Waals surface area contributed by atoms with E-state index in [0.29, 0.717) is 12.5 Å². The van der Waals surface area contributed by atoms with E-state index in [2.05, 4.69) is 5.32 Å². The van der Waals surface area contributed by atoms with Gasteiger partial charge >= 0.3 is 11.7 Å². The maximum atomic E-state index is 12.5. The number of imidazole rings is 1. The van der Waals surface area contributed by atoms with Crippen molar-refractivity contribution in [3.63, 3.8) is 0 Å². The molecule has 1 atom stereocenters. The van der Waals surface area contributed by atoms with Gasteiger partial charge in [0, 0.05) is 19.1 Å². The Balaban J connectivity index is 1.94. The molecule has 0 saturated carbocycles. The lowest BCUT2D eigenvalue weighted by atomic mass is 10.1. The van der Waals surface area contributed by atoms with Crippen molar-refractivity contribution >= 4 is 22.9 Å². The minimum Gasteiger partial charge on any atom is -0.456 e. The van der Waals surface area contributed by atoms with Crippen molar-refractivity contribution in [1.29, 1.82) is 0 Å². The minimum atomic E-state index is -0.502. The summed E-state index contributed by atoms with van der Waals surface area (Å²) in [5.41, 5.74) is 1.48. The average Bonchev–Trinajstić information content (AvgIpc) is 2.88. The Hall–Kier alpha value is -2.57. The molecular weight excluding hydrogens is 334 g/mol. The summed E-state index contributed by atoms with van der Waals surface area (Å²) in [5.74, 6) is -0.519. The van der Waals surface area contributed by atoms with Crippen LogP contribution in [0, 0.1) is 5.92 Å². The summed E-state index contributed by atoms with van der Waals surface area (Å²) in [5, 5.41) is 2.78. The van der Waals surface area contributed by atoms with Gasteiger partial charge in [-0.25, -0.2) is 4.79 Å². The molecule has 1 amide bonds. The Morgan fingerprint density at radius 2 is 1.73 bits per heavy atom. The number of fused-ring (bicyclic) bond motifs is 1. The number of hydrogen-bond donors (Lipinski definition) is 1. The third kappa shape index (κ3) is 4.53. The fraction of sp³-hybridized carbons (Fsp3) is 0.526. The van der Waals surface area contributed by atoms with Crippen molar-refractivity contribution in [3.05, 3.63) is 34.7 Å². The summed E-state index contributed by atoms with van der Waals surface area (Å²) >= 11 is 0. The highest BCUT2D eigenvalue weighted by atomic mass is 16.5. The van der Waals surface area contributed by atoms with E-state index in [-0.39, 0.29) is 37.2 Å². The van der Waals surface area contributed by atoms with Gasteiger partial charge in [-0.05, 0) is 31.9 Å². The van der Waals surface area contributed by atoms with Crippen LogP contribution in [0.5, 0.6) is 0 Å². The zero-order valence-corrected chi connectivity index (χ0v) is 15.8. The molecule has 0 radical (unpaired) electrons. The van der Waals surface area contributed by atoms with E-state index in [9.17, 15) is 14.4 Å². The highest BCUT2D eigenvalue weighted by molar-refractivity contribution is 5.81. The van der Waals surface area contributed by atoms with Crippen molar-refractivity contribution in [2.24, 2.45) is 5.92 Å². The number of carbonyl (C=O) groups excluding carboxylic acids is 2. The molecule has 0 aliphatic heterocycles. The molecule has 1 heterocycles. The van der Waals surface area contributed by atoms with Crippen LogP contribution in [0.3, 0.4) is 0 Å². The number of carbonyl (C=O) groups is 2. The average molecular weight is 361 g/mol. The van der Waals surface area contributed by atoms with Crippen LogP contribution in [0.1, 0.15) is 34.1 Å². The van der Waals surface area contributed by atoms with E-state index in [1.807, 2.05) is 52.0 Å². The number of ether oxygens (including phenoxy) is 1. The van der Waals surface area contributed by atoms with E-state index in [1.165, 1.54) is 0 Å². The monoisotopic (exact) mass is 361 g/mol. The zero-order chi connectivity index (χ0) is 19.3. The van der Waals surface area contributed by atoms with Crippen LogP contribution in [-0.4, -0.2) is 33.7 Å². The lowest BCUT2D eigenvalue weighted by Gasteiger charge is -2.17. The highest BCUT2D eigenvalue weighted by Gasteiger charge is 2.15. The molecular formula is C19H27N3O4. The van der Waals surface area contributed by atoms with Crippen molar-refractivity contribution in [2.45, 2.75) is 53.2 Å². The van der Waals surface area contributed by atoms with Crippen LogP contribution in [0.15, 0.2) is 29.1 Å². The second kappa shape index (κ2) is 8.69. The molecule has 0 aliphatic rings. The summed E-state index contributed by atoms with van der Waals surface area (Å²) in [6.45, 7) is 8.29. The third-order valence-corrected chi connectivity index (χ3v) is 4.53. The molecule has 0 bridgehead atoms. The van der Waals surface area contributed by atoms with E-state index in [0.717, 1.165) is 11.0 Å². The summed E-state index contributed by atoms with van der Waals surface area (Å²) < 4.78 is 8.26. The largest absolute Gasteiger partial charge is 0.456 e. The number of hydrogen-bond acceptors (Lipinski definition) is 4. The number of nitrogens with zero attached hydrogens (tertiary/aromatic N) is 2. The SMILES string of the molecule is CCn1c(=O)n(CCC(=O)OCC(=O)NC(C)C(C)C)c2ccccc21. The quantitative estimate of drug-likeness (QED) is 0.728. The van der Waals surface area contributed by atoms with Gasteiger partial charge in [0.25, 0.3) is 5.91 Å². The van der Waals surface area contributed by atoms with Crippen LogP contribution < -0.4 is 11.0 Å². The maximum absolute atomic E-state index is 12.5. The Morgan fingerprint density at radius 1 is 1.12 bits per heavy atom. The van der Waals surface area contributed by atoms with Crippen LogP contribution in [0.4, 0.5) is 0 Å². The van der Waals surface area contributed by atoms with Crippen LogP contribution in [-0.2, 0) is 27.4 Å². The van der Waals surface area contributed by atoms with Gasteiger partial charge in [-0.2, -0.15) is 0 Å². The molecule has 1 N–H and O–H groups in total. The van der Waals surface area contributed by atoms with Crippen LogP contribution in [0.25, 0.3) is 11.0 Å². The molecule has 7 nitrogen and oxygen atoms in total. The second-order valence-electron chi connectivity index (χ2n) is 6.68. The van der Waals surface area contributed by atoms with Crippen molar-refractivity contribution in [1.82, 2.24) is 14.5 Å². The number of rotatable bonds is 8. The highest BCUT2D eigenvalue weighted by Crippen LogP contribution is 2.13. The number of aryl methyl sites for hydroxylation is 2. The van der Waals surface area contributed by atoms with Gasteiger partial charge in [-0.15, -0.1) is 0 Å². The van der Waals surface area contributed by atoms with Gasteiger partial charge < -0.3 is 10.1 Å². The molecule has 2 rings (SSSR count). The number of aromatic nitrogens is 2. The van der Waals surface area contributed by atoms with Gasteiger partial charge in [-0.1, -0.05) is 26.0 Å². The van der Waals surface area contributed by atoms with Crippen molar-refractivity contribution in [3.8, 4) is 0 Å². The van der Waals surface area contributed by atoms with Gasteiger partial charge in [0.1, 0.15) is 0 Å². The van der Waals surface area contributed by atoms with Gasteiger partial charge in [0.2, 0.25) is 0 Å².